The Bertz CT molecular complexity index is 2020. The van der Waals surface area contributed by atoms with E-state index in [4.69, 9.17) is 37.0 Å². The molecular formula is C80H152O17P2. The van der Waals surface area contributed by atoms with Crippen LogP contribution in [0.25, 0.3) is 0 Å². The Morgan fingerprint density at radius 1 is 0.313 bits per heavy atom. The lowest BCUT2D eigenvalue weighted by Gasteiger charge is -2.21. The smallest absolute Gasteiger partial charge is 0.462 e. The van der Waals surface area contributed by atoms with Gasteiger partial charge in [-0.05, 0) is 69.1 Å². The van der Waals surface area contributed by atoms with Gasteiger partial charge in [0.2, 0.25) is 0 Å². The van der Waals surface area contributed by atoms with E-state index in [0.29, 0.717) is 31.6 Å². The Hall–Kier alpha value is -2.46. The molecule has 3 N–H and O–H groups in total. The van der Waals surface area contributed by atoms with E-state index in [0.717, 1.165) is 121 Å². The predicted octanol–water partition coefficient (Wildman–Crippen LogP) is 23.3. The first-order valence-corrected chi connectivity index (χ1v) is 43.7. The second-order valence-corrected chi connectivity index (χ2v) is 32.5. The molecule has 584 valence electrons. The Morgan fingerprint density at radius 2 is 0.545 bits per heavy atom. The quantitative estimate of drug-likeness (QED) is 0.0169. The average Bonchev–Trinajstić information content (AvgIpc) is 0.970. The summed E-state index contributed by atoms with van der Waals surface area (Å²) in [4.78, 5) is 72.9. The van der Waals surface area contributed by atoms with Crippen LogP contribution < -0.4 is 0 Å². The summed E-state index contributed by atoms with van der Waals surface area (Å²) in [6.07, 6.45) is 60.7. The van der Waals surface area contributed by atoms with Crippen LogP contribution in [0.2, 0.25) is 0 Å². The number of carbonyl (C=O) groups is 4. The minimum Gasteiger partial charge on any atom is -0.462 e. The van der Waals surface area contributed by atoms with E-state index in [9.17, 15) is 43.2 Å². The summed E-state index contributed by atoms with van der Waals surface area (Å²) >= 11 is 0. The standard InChI is InChI=1S/C80H152O17P2/c1-8-9-10-11-12-13-14-15-20-25-30-35-40-49-56-63-79(84)97-76(68-91-78(83)62-55-48-43-42-46-53-60-73(6)7)70-95-99(88,89)93-66-74(81)65-92-98(86,87)94-69-75(96-80(85)64-57-50-41-36-31-26-28-33-38-45-52-59-72(4)5)67-90-77(82)61-54-47-39-34-29-24-22-19-17-16-18-21-23-27-32-37-44-51-58-71(2)3/h13-15,20,71-76,81H,8-12,16-19,21-70H2,1-7H3,(H,86,87)(H,88,89)/b14-13-,20-15-/t74-,75-,76-/m1/s1. The van der Waals surface area contributed by atoms with Crippen molar-refractivity contribution in [2.45, 2.75) is 407 Å². The molecule has 0 aliphatic heterocycles. The summed E-state index contributed by atoms with van der Waals surface area (Å²) < 4.78 is 68.6. The molecule has 0 fully saturated rings. The van der Waals surface area contributed by atoms with Crippen molar-refractivity contribution >= 4 is 39.5 Å². The van der Waals surface area contributed by atoms with Gasteiger partial charge in [0.25, 0.3) is 0 Å². The summed E-state index contributed by atoms with van der Waals surface area (Å²) in [6, 6.07) is 0. The normalized spacial score (nSPS) is 14.2. The summed E-state index contributed by atoms with van der Waals surface area (Å²) in [6.45, 7) is 11.8. The number of allylic oxidation sites excluding steroid dienone is 4. The molecule has 2 unspecified atom stereocenters. The average molecular weight is 1450 g/mol. The third kappa shape index (κ3) is 73.6. The van der Waals surface area contributed by atoms with Crippen LogP contribution in [-0.4, -0.2) is 96.7 Å². The molecular weight excluding hydrogens is 1290 g/mol. The van der Waals surface area contributed by atoms with Crippen LogP contribution in [0.4, 0.5) is 0 Å². The van der Waals surface area contributed by atoms with Gasteiger partial charge in [-0.1, -0.05) is 336 Å². The molecule has 0 aliphatic rings. The van der Waals surface area contributed by atoms with Crippen molar-refractivity contribution in [3.05, 3.63) is 24.3 Å². The highest BCUT2D eigenvalue weighted by Gasteiger charge is 2.30. The number of aliphatic hydroxyl groups excluding tert-OH is 1. The molecule has 0 saturated heterocycles. The predicted molar refractivity (Wildman–Crippen MR) is 404 cm³/mol. The number of hydrogen-bond donors (Lipinski definition) is 3. The van der Waals surface area contributed by atoms with Gasteiger partial charge in [-0.2, -0.15) is 0 Å². The Labute approximate surface area is 605 Å². The summed E-state index contributed by atoms with van der Waals surface area (Å²) in [7, 11) is -9.93. The van der Waals surface area contributed by atoms with Crippen molar-refractivity contribution in [3.63, 3.8) is 0 Å². The molecule has 99 heavy (non-hydrogen) atoms. The van der Waals surface area contributed by atoms with Gasteiger partial charge < -0.3 is 33.8 Å². The maximum Gasteiger partial charge on any atom is 0.472 e. The van der Waals surface area contributed by atoms with Crippen molar-refractivity contribution in [3.8, 4) is 0 Å². The lowest BCUT2D eigenvalue weighted by Crippen LogP contribution is -2.30. The Kier molecular flexibility index (Phi) is 68.1. The number of esters is 4. The zero-order valence-corrected chi connectivity index (χ0v) is 66.2. The second kappa shape index (κ2) is 69.9. The monoisotopic (exact) mass is 1450 g/mol. The topological polar surface area (TPSA) is 237 Å². The fourth-order valence-corrected chi connectivity index (χ4v) is 13.3. The molecule has 0 bridgehead atoms. The minimum absolute atomic E-state index is 0.0838. The number of rotatable bonds is 76. The number of phosphoric acid groups is 2. The number of unbranched alkanes of at least 4 members (excludes halogenated alkanes) is 41. The molecule has 0 aliphatic carbocycles. The summed E-state index contributed by atoms with van der Waals surface area (Å²) in [5.74, 6) is 0.115. The molecule has 0 aromatic rings. The summed E-state index contributed by atoms with van der Waals surface area (Å²) in [5, 5.41) is 10.6. The number of carbonyl (C=O) groups excluding carboxylic acids is 4. The van der Waals surface area contributed by atoms with E-state index in [-0.39, 0.29) is 25.7 Å². The molecule has 19 heteroatoms. The maximum atomic E-state index is 13.1. The fourth-order valence-electron chi connectivity index (χ4n) is 11.8. The van der Waals surface area contributed by atoms with Gasteiger partial charge in [0.15, 0.2) is 12.2 Å². The highest BCUT2D eigenvalue weighted by atomic mass is 31.2. The maximum absolute atomic E-state index is 13.1. The highest BCUT2D eigenvalue weighted by Crippen LogP contribution is 2.45. The number of hydrogen-bond acceptors (Lipinski definition) is 15. The number of ether oxygens (including phenoxy) is 4. The third-order valence-electron chi connectivity index (χ3n) is 18.0. The molecule has 0 aromatic heterocycles. The van der Waals surface area contributed by atoms with Gasteiger partial charge in [0, 0.05) is 25.7 Å². The first kappa shape index (κ1) is 96.5. The van der Waals surface area contributed by atoms with Gasteiger partial charge in [0.05, 0.1) is 26.4 Å². The molecule has 0 spiro atoms. The van der Waals surface area contributed by atoms with E-state index in [1.165, 1.54) is 180 Å². The molecule has 0 heterocycles. The van der Waals surface area contributed by atoms with Crippen LogP contribution in [0.3, 0.4) is 0 Å². The third-order valence-corrected chi connectivity index (χ3v) is 19.9. The lowest BCUT2D eigenvalue weighted by molar-refractivity contribution is -0.161. The van der Waals surface area contributed by atoms with Crippen LogP contribution in [0.1, 0.15) is 389 Å². The zero-order chi connectivity index (χ0) is 73.0. The molecule has 0 rings (SSSR count). The first-order valence-electron chi connectivity index (χ1n) is 40.7. The van der Waals surface area contributed by atoms with E-state index in [1.807, 2.05) is 0 Å². The van der Waals surface area contributed by atoms with Crippen LogP contribution in [-0.2, 0) is 65.4 Å². The Balaban J connectivity index is 5.22. The van der Waals surface area contributed by atoms with Crippen LogP contribution in [0.15, 0.2) is 24.3 Å². The molecule has 0 amide bonds. The van der Waals surface area contributed by atoms with Crippen LogP contribution in [0.5, 0.6) is 0 Å². The van der Waals surface area contributed by atoms with E-state index in [1.54, 1.807) is 0 Å². The van der Waals surface area contributed by atoms with Crippen molar-refractivity contribution in [2.24, 2.45) is 17.8 Å². The van der Waals surface area contributed by atoms with Crippen molar-refractivity contribution in [1.29, 1.82) is 0 Å². The molecule has 5 atom stereocenters. The SMILES string of the molecule is CCCCCC/C=C\C=C/CCCCCCCC(=O)O[C@H](COC(=O)CCCCCCCCC(C)C)COP(=O)(O)OC[C@H](O)COP(=O)(O)OC[C@@H](COC(=O)CCCCCCCCCCCCCCCCCCCCC(C)C)OC(=O)CCCCCCCCCCCCCC(C)C. The lowest BCUT2D eigenvalue weighted by atomic mass is 10.0. The van der Waals surface area contributed by atoms with Gasteiger partial charge in [0.1, 0.15) is 19.3 Å². The van der Waals surface area contributed by atoms with Gasteiger partial charge >= 0.3 is 39.5 Å². The van der Waals surface area contributed by atoms with Crippen LogP contribution >= 0.6 is 15.6 Å². The van der Waals surface area contributed by atoms with E-state index < -0.39 is 97.5 Å². The molecule has 0 radical (unpaired) electrons. The summed E-state index contributed by atoms with van der Waals surface area (Å²) in [5.41, 5.74) is 0. The first-order chi connectivity index (χ1) is 47.7. The second-order valence-electron chi connectivity index (χ2n) is 29.5. The molecule has 0 saturated carbocycles. The van der Waals surface area contributed by atoms with Gasteiger partial charge in [-0.15, -0.1) is 0 Å². The highest BCUT2D eigenvalue weighted by molar-refractivity contribution is 7.47. The fraction of sp³-hybridized carbons (Fsp3) is 0.900. The van der Waals surface area contributed by atoms with Crippen molar-refractivity contribution in [1.82, 2.24) is 0 Å². The minimum atomic E-state index is -4.96. The largest absolute Gasteiger partial charge is 0.472 e. The Morgan fingerprint density at radius 3 is 0.818 bits per heavy atom. The van der Waals surface area contributed by atoms with Crippen molar-refractivity contribution < 1.29 is 80.2 Å². The number of aliphatic hydroxyl groups is 1. The van der Waals surface area contributed by atoms with Crippen molar-refractivity contribution in [2.75, 3.05) is 39.6 Å². The molecule has 17 nitrogen and oxygen atoms in total. The van der Waals surface area contributed by atoms with Gasteiger partial charge in [-0.25, -0.2) is 9.13 Å². The molecule has 0 aromatic carbocycles. The zero-order valence-electron chi connectivity index (χ0n) is 64.4. The van der Waals surface area contributed by atoms with E-state index in [2.05, 4.69) is 72.8 Å². The van der Waals surface area contributed by atoms with Crippen LogP contribution in [0, 0.1) is 17.8 Å². The van der Waals surface area contributed by atoms with E-state index >= 15 is 0 Å². The van der Waals surface area contributed by atoms with Gasteiger partial charge in [-0.3, -0.25) is 37.3 Å². The number of phosphoric ester groups is 2.